The summed E-state index contributed by atoms with van der Waals surface area (Å²) in [5.74, 6) is 1.70. The van der Waals surface area contributed by atoms with Crippen LogP contribution in [0.5, 0.6) is 0 Å². The van der Waals surface area contributed by atoms with Crippen molar-refractivity contribution in [1.82, 2.24) is 25.0 Å². The molecule has 1 N–H and O–H groups in total. The molecule has 2 atom stereocenters. The number of guanidine groups is 1. The highest BCUT2D eigenvalue weighted by Gasteiger charge is 2.32. The molecule has 1 aromatic heterocycles. The molecule has 2 unspecified atom stereocenters. The third kappa shape index (κ3) is 4.34. The summed E-state index contributed by atoms with van der Waals surface area (Å²) in [7, 11) is 0. The fraction of sp³-hybridized carbons (Fsp3) is 0.550. The van der Waals surface area contributed by atoms with Gasteiger partial charge in [-0.25, -0.2) is 4.99 Å². The van der Waals surface area contributed by atoms with E-state index in [1.54, 1.807) is 6.33 Å². The molecular weight excluding hydrogens is 356 g/mol. The highest BCUT2D eigenvalue weighted by molar-refractivity contribution is 5.80. The Morgan fingerprint density at radius 1 is 1.21 bits per heavy atom. The number of benzene rings is 1. The predicted octanol–water partition coefficient (Wildman–Crippen LogP) is 1.61. The van der Waals surface area contributed by atoms with Crippen molar-refractivity contribution in [2.24, 2.45) is 4.99 Å². The van der Waals surface area contributed by atoms with Gasteiger partial charge in [0, 0.05) is 31.9 Å². The topological polar surface area (TPSA) is 76.8 Å². The van der Waals surface area contributed by atoms with Crippen molar-refractivity contribution in [3.05, 3.63) is 42.5 Å². The van der Waals surface area contributed by atoms with Gasteiger partial charge in [-0.1, -0.05) is 18.2 Å². The van der Waals surface area contributed by atoms with Gasteiger partial charge >= 0.3 is 0 Å². The second-order valence-electron chi connectivity index (χ2n) is 7.03. The highest BCUT2D eigenvalue weighted by Crippen LogP contribution is 2.21. The van der Waals surface area contributed by atoms with Gasteiger partial charge < -0.3 is 19.7 Å². The quantitative estimate of drug-likeness (QED) is 0.624. The van der Waals surface area contributed by atoms with Gasteiger partial charge in [0.25, 0.3) is 0 Å². The van der Waals surface area contributed by atoms with Crippen LogP contribution in [0.4, 0.5) is 0 Å². The molecule has 0 radical (unpaired) electrons. The Morgan fingerprint density at radius 3 is 2.86 bits per heavy atom. The molecule has 0 bridgehead atoms. The molecule has 0 amide bonds. The van der Waals surface area contributed by atoms with Gasteiger partial charge in [-0.3, -0.25) is 4.57 Å². The van der Waals surface area contributed by atoms with E-state index in [0.717, 1.165) is 56.6 Å². The molecule has 2 saturated heterocycles. The Bertz CT molecular complexity index is 772. The summed E-state index contributed by atoms with van der Waals surface area (Å²) < 4.78 is 13.8. The molecule has 8 heteroatoms. The maximum absolute atomic E-state index is 5.97. The predicted molar refractivity (Wildman–Crippen MR) is 106 cm³/mol. The molecule has 2 aliphatic rings. The molecule has 150 valence electrons. The molecule has 28 heavy (non-hydrogen) atoms. The summed E-state index contributed by atoms with van der Waals surface area (Å²) in [5, 5.41) is 11.7. The van der Waals surface area contributed by atoms with Gasteiger partial charge in [0.15, 0.2) is 11.8 Å². The smallest absolute Gasteiger partial charge is 0.194 e. The fourth-order valence-electron chi connectivity index (χ4n) is 3.73. The molecule has 2 aliphatic heterocycles. The summed E-state index contributed by atoms with van der Waals surface area (Å²) >= 11 is 0. The van der Waals surface area contributed by atoms with Gasteiger partial charge in [-0.15, -0.1) is 10.2 Å². The lowest BCUT2D eigenvalue weighted by atomic mass is 10.1. The molecule has 2 fully saturated rings. The Balaban J connectivity index is 1.47. The van der Waals surface area contributed by atoms with Crippen LogP contribution in [-0.2, 0) is 16.0 Å². The Hall–Kier alpha value is -2.45. The number of aromatic nitrogens is 3. The van der Waals surface area contributed by atoms with Gasteiger partial charge in [-0.2, -0.15) is 0 Å². The van der Waals surface area contributed by atoms with E-state index in [2.05, 4.69) is 27.3 Å². The van der Waals surface area contributed by atoms with Crippen LogP contribution in [0.25, 0.3) is 5.69 Å². The van der Waals surface area contributed by atoms with Crippen LogP contribution in [0, 0.1) is 0 Å². The minimum Gasteiger partial charge on any atom is -0.375 e. The van der Waals surface area contributed by atoms with E-state index >= 15 is 0 Å². The molecule has 0 aliphatic carbocycles. The Kier molecular flexibility index (Phi) is 6.18. The van der Waals surface area contributed by atoms with Crippen molar-refractivity contribution in [2.75, 3.05) is 32.8 Å². The Labute approximate surface area is 165 Å². The number of nitrogens with zero attached hydrogens (tertiary/aromatic N) is 5. The van der Waals surface area contributed by atoms with E-state index < -0.39 is 0 Å². The zero-order valence-corrected chi connectivity index (χ0v) is 16.3. The van der Waals surface area contributed by atoms with E-state index in [-0.39, 0.29) is 12.2 Å². The largest absolute Gasteiger partial charge is 0.375 e. The number of nitrogens with one attached hydrogen (secondary N) is 1. The maximum Gasteiger partial charge on any atom is 0.194 e. The van der Waals surface area contributed by atoms with Crippen LogP contribution in [0.1, 0.15) is 25.6 Å². The van der Waals surface area contributed by atoms with Crippen molar-refractivity contribution in [3.63, 3.8) is 0 Å². The van der Waals surface area contributed by atoms with Gasteiger partial charge in [0.2, 0.25) is 0 Å². The Morgan fingerprint density at radius 2 is 2.07 bits per heavy atom. The number of ether oxygens (including phenoxy) is 2. The van der Waals surface area contributed by atoms with Crippen molar-refractivity contribution in [3.8, 4) is 5.69 Å². The van der Waals surface area contributed by atoms with Crippen LogP contribution in [-0.4, -0.2) is 70.7 Å². The van der Waals surface area contributed by atoms with E-state index in [1.807, 2.05) is 34.9 Å². The van der Waals surface area contributed by atoms with Crippen LogP contribution >= 0.6 is 0 Å². The van der Waals surface area contributed by atoms with Crippen LogP contribution < -0.4 is 5.32 Å². The fourth-order valence-corrected chi connectivity index (χ4v) is 3.73. The van der Waals surface area contributed by atoms with E-state index in [1.165, 1.54) is 0 Å². The van der Waals surface area contributed by atoms with Crippen LogP contribution in [0.3, 0.4) is 0 Å². The van der Waals surface area contributed by atoms with Crippen LogP contribution in [0.15, 0.2) is 41.7 Å². The average molecular weight is 384 g/mol. The van der Waals surface area contributed by atoms with Crippen molar-refractivity contribution in [1.29, 1.82) is 0 Å². The second kappa shape index (κ2) is 9.16. The summed E-state index contributed by atoms with van der Waals surface area (Å²) in [5.41, 5.74) is 1.03. The normalized spacial score (nSPS) is 23.2. The van der Waals surface area contributed by atoms with E-state index in [0.29, 0.717) is 13.2 Å². The minimum absolute atomic E-state index is 0.105. The number of hydrogen-bond acceptors (Lipinski definition) is 5. The average Bonchev–Trinajstić information content (AvgIpc) is 3.44. The highest BCUT2D eigenvalue weighted by atomic mass is 16.5. The standard InChI is InChI=1S/C20H28N6O2/c1-2-21-20(25-10-12-28-18(14-25)17-9-6-11-27-17)22-13-19-24-23-15-26(19)16-7-4-3-5-8-16/h3-5,7-8,15,17-18H,2,6,9-14H2,1H3,(H,21,22). The number of rotatable bonds is 5. The first-order valence-electron chi connectivity index (χ1n) is 10.1. The number of hydrogen-bond donors (Lipinski definition) is 1. The summed E-state index contributed by atoms with van der Waals surface area (Å²) in [6.45, 7) is 6.50. The minimum atomic E-state index is 0.105. The molecule has 8 nitrogen and oxygen atoms in total. The molecule has 0 saturated carbocycles. The van der Waals surface area contributed by atoms with Crippen molar-refractivity contribution >= 4 is 5.96 Å². The molecule has 2 aromatic rings. The monoisotopic (exact) mass is 384 g/mol. The van der Waals surface area contributed by atoms with Gasteiger partial charge in [0.05, 0.1) is 12.7 Å². The first kappa shape index (κ1) is 18.9. The second-order valence-corrected chi connectivity index (χ2v) is 7.03. The van der Waals surface area contributed by atoms with E-state index in [9.17, 15) is 0 Å². The van der Waals surface area contributed by atoms with Gasteiger partial charge in [0.1, 0.15) is 19.0 Å². The van der Waals surface area contributed by atoms with Crippen molar-refractivity contribution < 1.29 is 9.47 Å². The zero-order valence-electron chi connectivity index (χ0n) is 16.3. The molecule has 0 spiro atoms. The number of aliphatic imine (C=N–C) groups is 1. The summed E-state index contributed by atoms with van der Waals surface area (Å²) in [6.07, 6.45) is 4.23. The lowest BCUT2D eigenvalue weighted by Gasteiger charge is -2.37. The first-order valence-corrected chi connectivity index (χ1v) is 10.1. The van der Waals surface area contributed by atoms with Gasteiger partial charge in [-0.05, 0) is 31.9 Å². The lowest BCUT2D eigenvalue weighted by Crippen LogP contribution is -2.53. The maximum atomic E-state index is 5.97. The third-order valence-corrected chi connectivity index (χ3v) is 5.13. The SMILES string of the molecule is CCNC(=NCc1nncn1-c1ccccc1)N1CCOC(C2CCCO2)C1. The number of para-hydroxylation sites is 1. The molecule has 3 heterocycles. The molecular formula is C20H28N6O2. The zero-order chi connectivity index (χ0) is 19.2. The summed E-state index contributed by atoms with van der Waals surface area (Å²) in [6, 6.07) is 10.1. The number of morpholine rings is 1. The lowest BCUT2D eigenvalue weighted by molar-refractivity contribution is -0.0817. The van der Waals surface area contributed by atoms with E-state index in [4.69, 9.17) is 14.5 Å². The van der Waals surface area contributed by atoms with Crippen molar-refractivity contribution in [2.45, 2.75) is 38.5 Å². The van der Waals surface area contributed by atoms with Crippen LogP contribution in [0.2, 0.25) is 0 Å². The first-order chi connectivity index (χ1) is 13.8. The molecule has 4 rings (SSSR count). The molecule has 1 aromatic carbocycles. The third-order valence-electron chi connectivity index (χ3n) is 5.13. The summed E-state index contributed by atoms with van der Waals surface area (Å²) in [4.78, 5) is 7.11.